The van der Waals surface area contributed by atoms with E-state index < -0.39 is 32.3 Å². The van der Waals surface area contributed by atoms with Crippen molar-refractivity contribution in [1.29, 1.82) is 0 Å². The van der Waals surface area contributed by atoms with Crippen molar-refractivity contribution in [3.63, 3.8) is 0 Å². The average molecular weight is 516 g/mol. The normalized spacial score (nSPS) is 14.0. The van der Waals surface area contributed by atoms with Crippen LogP contribution in [0, 0.1) is 5.82 Å². The molecule has 0 saturated heterocycles. The molecule has 0 radical (unpaired) electrons. The smallest absolute Gasteiger partial charge is 0.331 e. The average Bonchev–Trinajstić information content (AvgIpc) is 2.81. The summed E-state index contributed by atoms with van der Waals surface area (Å²) in [5.74, 6) is -1.74. The standard InChI is InChI=1S/C27H31FNO6P/c1-4-22-25(18-10-12-20(28)13-11-18)23(15-35-36(33,34)16-21(30)14-24(31)32)26(17(2)3)29-27(22)19-8-6-5-7-9-19/h5-13,17,21,30H,4,14-16H2,1-3H3,(H,31,32)(H,33,34). The number of hydrogen-bond acceptors (Lipinski definition) is 5. The molecule has 0 saturated carbocycles. The fourth-order valence-corrected chi connectivity index (χ4v) is 5.30. The molecule has 1 heterocycles. The Morgan fingerprint density at radius 2 is 1.69 bits per heavy atom. The van der Waals surface area contributed by atoms with Gasteiger partial charge in [-0.3, -0.25) is 14.3 Å². The maximum atomic E-state index is 13.8. The second-order valence-corrected chi connectivity index (χ2v) is 10.8. The summed E-state index contributed by atoms with van der Waals surface area (Å²) in [5.41, 5.74) is 5.29. The lowest BCUT2D eigenvalue weighted by atomic mass is 9.87. The Morgan fingerprint density at radius 1 is 1.06 bits per heavy atom. The van der Waals surface area contributed by atoms with Crippen LogP contribution in [0.5, 0.6) is 0 Å². The molecule has 2 atom stereocenters. The third-order valence-electron chi connectivity index (χ3n) is 5.77. The van der Waals surface area contributed by atoms with E-state index in [9.17, 15) is 23.7 Å². The number of aromatic nitrogens is 1. The van der Waals surface area contributed by atoms with Gasteiger partial charge in [0.05, 0.1) is 31.0 Å². The van der Waals surface area contributed by atoms with Gasteiger partial charge in [-0.15, -0.1) is 0 Å². The Hall–Kier alpha value is -2.90. The lowest BCUT2D eigenvalue weighted by Crippen LogP contribution is -2.18. The van der Waals surface area contributed by atoms with E-state index in [1.807, 2.05) is 51.1 Å². The summed E-state index contributed by atoms with van der Waals surface area (Å²) in [7, 11) is -4.33. The molecule has 3 N–H and O–H groups in total. The van der Waals surface area contributed by atoms with Crippen molar-refractivity contribution in [2.24, 2.45) is 0 Å². The molecule has 0 aliphatic rings. The molecule has 0 spiro atoms. The minimum atomic E-state index is -4.33. The van der Waals surface area contributed by atoms with Crippen molar-refractivity contribution < 1.29 is 33.4 Å². The number of pyridine rings is 1. The highest BCUT2D eigenvalue weighted by Crippen LogP contribution is 2.46. The third-order valence-corrected chi connectivity index (χ3v) is 7.19. The van der Waals surface area contributed by atoms with Crippen molar-refractivity contribution in [1.82, 2.24) is 4.98 Å². The Morgan fingerprint density at radius 3 is 2.25 bits per heavy atom. The maximum absolute atomic E-state index is 13.8. The minimum absolute atomic E-state index is 0.0770. The molecule has 0 fully saturated rings. The predicted octanol–water partition coefficient (Wildman–Crippen LogP) is 5.78. The molecule has 2 aromatic carbocycles. The number of hydrogen-bond donors (Lipinski definition) is 3. The molecule has 3 aromatic rings. The highest BCUT2D eigenvalue weighted by atomic mass is 31.2. The van der Waals surface area contributed by atoms with E-state index >= 15 is 0 Å². The first-order chi connectivity index (χ1) is 17.0. The molecule has 192 valence electrons. The van der Waals surface area contributed by atoms with Crippen LogP contribution < -0.4 is 0 Å². The van der Waals surface area contributed by atoms with Crippen molar-refractivity contribution >= 4 is 13.6 Å². The molecular formula is C27H31FNO6P. The van der Waals surface area contributed by atoms with Crippen LogP contribution >= 0.6 is 7.60 Å². The molecular weight excluding hydrogens is 484 g/mol. The first-order valence-electron chi connectivity index (χ1n) is 11.8. The second kappa shape index (κ2) is 11.9. The quantitative estimate of drug-likeness (QED) is 0.277. The van der Waals surface area contributed by atoms with E-state index in [0.29, 0.717) is 23.2 Å². The highest BCUT2D eigenvalue weighted by molar-refractivity contribution is 7.52. The summed E-state index contributed by atoms with van der Waals surface area (Å²) in [6.07, 6.45) is -2.31. The number of aliphatic hydroxyl groups excluding tert-OH is 1. The van der Waals surface area contributed by atoms with E-state index in [1.54, 1.807) is 12.1 Å². The fraction of sp³-hybridized carbons (Fsp3) is 0.333. The van der Waals surface area contributed by atoms with Crippen molar-refractivity contribution in [2.45, 2.75) is 52.2 Å². The van der Waals surface area contributed by atoms with Crippen LogP contribution in [0.2, 0.25) is 0 Å². The van der Waals surface area contributed by atoms with Crippen LogP contribution in [0.1, 0.15) is 49.9 Å². The van der Waals surface area contributed by atoms with Gasteiger partial charge in [0.2, 0.25) is 0 Å². The molecule has 0 aliphatic heterocycles. The number of halogens is 1. The van der Waals surface area contributed by atoms with Crippen LogP contribution in [-0.4, -0.2) is 38.3 Å². The Labute approximate surface area is 210 Å². The SMILES string of the molecule is CCc1c(-c2ccccc2)nc(C(C)C)c(COP(=O)(O)CC(O)CC(=O)O)c1-c1ccc(F)cc1. The van der Waals surface area contributed by atoms with Crippen LogP contribution in [0.25, 0.3) is 22.4 Å². The number of carboxylic acid groups (broad SMARTS) is 1. The van der Waals surface area contributed by atoms with Crippen LogP contribution in [0.4, 0.5) is 4.39 Å². The largest absolute Gasteiger partial charge is 0.481 e. The lowest BCUT2D eigenvalue weighted by molar-refractivity contribution is -0.138. The fourth-order valence-electron chi connectivity index (χ4n) is 4.20. The molecule has 36 heavy (non-hydrogen) atoms. The molecule has 0 amide bonds. The zero-order valence-corrected chi connectivity index (χ0v) is 21.4. The van der Waals surface area contributed by atoms with Gasteiger partial charge in [-0.1, -0.05) is 63.2 Å². The van der Waals surface area contributed by atoms with Crippen LogP contribution in [0.15, 0.2) is 54.6 Å². The highest BCUT2D eigenvalue weighted by Gasteiger charge is 2.29. The number of aliphatic hydroxyl groups is 1. The first kappa shape index (κ1) is 27.7. The number of carboxylic acids is 1. The second-order valence-electron chi connectivity index (χ2n) is 8.90. The molecule has 3 rings (SSSR count). The molecule has 1 aromatic heterocycles. The Balaban J connectivity index is 2.16. The number of carbonyl (C=O) groups is 1. The number of aliphatic carboxylic acids is 1. The van der Waals surface area contributed by atoms with Gasteiger partial charge in [0, 0.05) is 16.8 Å². The third kappa shape index (κ3) is 6.86. The van der Waals surface area contributed by atoms with Crippen molar-refractivity contribution in [3.8, 4) is 22.4 Å². The molecule has 0 bridgehead atoms. The van der Waals surface area contributed by atoms with E-state index in [4.69, 9.17) is 14.6 Å². The molecule has 2 unspecified atom stereocenters. The van der Waals surface area contributed by atoms with Gasteiger partial charge in [-0.2, -0.15) is 0 Å². The molecule has 9 heteroatoms. The summed E-state index contributed by atoms with van der Waals surface area (Å²) in [4.78, 5) is 26.2. The minimum Gasteiger partial charge on any atom is -0.481 e. The van der Waals surface area contributed by atoms with Crippen molar-refractivity contribution in [2.75, 3.05) is 6.16 Å². The Kier molecular flexibility index (Phi) is 9.14. The summed E-state index contributed by atoms with van der Waals surface area (Å²) in [6.45, 7) is 5.60. The number of nitrogens with zero attached hydrogens (tertiary/aromatic N) is 1. The van der Waals surface area contributed by atoms with Gasteiger partial charge in [0.25, 0.3) is 0 Å². The van der Waals surface area contributed by atoms with E-state index in [2.05, 4.69) is 0 Å². The maximum Gasteiger partial charge on any atom is 0.331 e. The number of rotatable bonds is 11. The van der Waals surface area contributed by atoms with Gasteiger partial charge >= 0.3 is 13.6 Å². The summed E-state index contributed by atoms with van der Waals surface area (Å²) >= 11 is 0. The zero-order valence-electron chi connectivity index (χ0n) is 20.5. The van der Waals surface area contributed by atoms with Gasteiger partial charge in [-0.25, -0.2) is 4.39 Å². The monoisotopic (exact) mass is 515 g/mol. The zero-order chi connectivity index (χ0) is 26.5. The van der Waals surface area contributed by atoms with Gasteiger partial charge < -0.3 is 19.6 Å². The first-order valence-corrected chi connectivity index (χ1v) is 13.5. The van der Waals surface area contributed by atoms with E-state index in [-0.39, 0.29) is 18.3 Å². The summed E-state index contributed by atoms with van der Waals surface area (Å²) < 4.78 is 31.9. The van der Waals surface area contributed by atoms with Crippen LogP contribution in [-0.2, 0) is 26.9 Å². The van der Waals surface area contributed by atoms with E-state index in [0.717, 1.165) is 22.4 Å². The van der Waals surface area contributed by atoms with Crippen molar-refractivity contribution in [3.05, 3.63) is 77.2 Å². The topological polar surface area (TPSA) is 117 Å². The molecule has 7 nitrogen and oxygen atoms in total. The van der Waals surface area contributed by atoms with Gasteiger partial charge in [0.15, 0.2) is 0 Å². The van der Waals surface area contributed by atoms with E-state index in [1.165, 1.54) is 12.1 Å². The summed E-state index contributed by atoms with van der Waals surface area (Å²) in [5, 5.41) is 18.7. The van der Waals surface area contributed by atoms with Gasteiger partial charge in [0.1, 0.15) is 5.82 Å². The Bertz CT molecular complexity index is 1250. The van der Waals surface area contributed by atoms with Crippen LogP contribution in [0.3, 0.4) is 0 Å². The lowest BCUT2D eigenvalue weighted by Gasteiger charge is -2.24. The van der Waals surface area contributed by atoms with Gasteiger partial charge in [-0.05, 0) is 41.2 Å². The summed E-state index contributed by atoms with van der Waals surface area (Å²) in [6, 6.07) is 15.7. The number of benzene rings is 2. The molecule has 0 aliphatic carbocycles. The predicted molar refractivity (Wildman–Crippen MR) is 136 cm³/mol.